The van der Waals surface area contributed by atoms with Crippen LogP contribution in [0.5, 0.6) is 5.75 Å². The molecule has 0 fully saturated rings. The van der Waals surface area contributed by atoms with Gasteiger partial charge in [0.1, 0.15) is 11.6 Å². The Kier molecular flexibility index (Phi) is 4.94. The second kappa shape index (κ2) is 6.50. The summed E-state index contributed by atoms with van der Waals surface area (Å²) in [5.41, 5.74) is 0.438. The lowest BCUT2D eigenvalue weighted by atomic mass is 10.0. The molecule has 2 nitrogen and oxygen atoms in total. The van der Waals surface area contributed by atoms with Gasteiger partial charge >= 0.3 is 0 Å². The van der Waals surface area contributed by atoms with Crippen LogP contribution in [0.15, 0.2) is 45.3 Å². The monoisotopic (exact) mass is 400 g/mol. The van der Waals surface area contributed by atoms with Crippen molar-refractivity contribution in [3.8, 4) is 5.75 Å². The molecule has 2 aromatic rings. The maximum Gasteiger partial charge on any atom is 0.196 e. The molecule has 0 aliphatic heterocycles. The number of benzene rings is 2. The third kappa shape index (κ3) is 3.10. The molecular weight excluding hydrogens is 391 g/mol. The van der Waals surface area contributed by atoms with Crippen molar-refractivity contribution in [2.75, 3.05) is 6.61 Å². The fourth-order valence-corrected chi connectivity index (χ4v) is 2.61. The number of ketones is 1. The van der Waals surface area contributed by atoms with Crippen molar-refractivity contribution >= 4 is 37.6 Å². The van der Waals surface area contributed by atoms with Crippen molar-refractivity contribution < 1.29 is 13.9 Å². The summed E-state index contributed by atoms with van der Waals surface area (Å²) in [6.07, 6.45) is 0. The largest absolute Gasteiger partial charge is 0.493 e. The highest BCUT2D eigenvalue weighted by molar-refractivity contribution is 9.10. The van der Waals surface area contributed by atoms with E-state index < -0.39 is 5.82 Å². The fraction of sp³-hybridized carbons (Fsp3) is 0.133. The first-order valence-corrected chi connectivity index (χ1v) is 7.54. The van der Waals surface area contributed by atoms with Crippen LogP contribution in [-0.2, 0) is 0 Å². The fourth-order valence-electron chi connectivity index (χ4n) is 1.75. The smallest absolute Gasteiger partial charge is 0.196 e. The lowest BCUT2D eigenvalue weighted by molar-refractivity contribution is 0.103. The quantitative estimate of drug-likeness (QED) is 0.675. The van der Waals surface area contributed by atoms with E-state index in [0.717, 1.165) is 0 Å². The molecule has 104 valence electrons. The van der Waals surface area contributed by atoms with E-state index in [1.54, 1.807) is 30.3 Å². The van der Waals surface area contributed by atoms with Crippen molar-refractivity contribution in [1.82, 2.24) is 0 Å². The molecule has 0 heterocycles. The third-order valence-corrected chi connectivity index (χ3v) is 3.92. The van der Waals surface area contributed by atoms with Crippen molar-refractivity contribution in [2.45, 2.75) is 6.92 Å². The molecule has 0 aliphatic carbocycles. The number of hydrogen-bond donors (Lipinski definition) is 0. The predicted molar refractivity (Wildman–Crippen MR) is 82.8 cm³/mol. The highest BCUT2D eigenvalue weighted by Crippen LogP contribution is 2.28. The van der Waals surface area contributed by atoms with Gasteiger partial charge in [-0.1, -0.05) is 6.07 Å². The van der Waals surface area contributed by atoms with Crippen LogP contribution in [-0.4, -0.2) is 12.4 Å². The summed E-state index contributed by atoms with van der Waals surface area (Å²) >= 11 is 6.42. The third-order valence-electron chi connectivity index (χ3n) is 2.69. The lowest BCUT2D eigenvalue weighted by Gasteiger charge is -2.08. The maximum atomic E-state index is 13.9. The summed E-state index contributed by atoms with van der Waals surface area (Å²) in [6, 6.07) is 9.60. The number of halogens is 3. The lowest BCUT2D eigenvalue weighted by Crippen LogP contribution is -2.05. The molecule has 0 saturated carbocycles. The van der Waals surface area contributed by atoms with Gasteiger partial charge in [-0.3, -0.25) is 4.79 Å². The Morgan fingerprint density at radius 1 is 1.20 bits per heavy atom. The summed E-state index contributed by atoms with van der Waals surface area (Å²) in [5, 5.41) is 0. The Morgan fingerprint density at radius 2 is 1.95 bits per heavy atom. The zero-order valence-electron chi connectivity index (χ0n) is 10.6. The van der Waals surface area contributed by atoms with Gasteiger partial charge in [0, 0.05) is 5.56 Å². The van der Waals surface area contributed by atoms with E-state index in [0.29, 0.717) is 22.4 Å². The topological polar surface area (TPSA) is 26.3 Å². The number of carbonyl (C=O) groups is 1. The van der Waals surface area contributed by atoms with E-state index >= 15 is 0 Å². The minimum absolute atomic E-state index is 0.0374. The van der Waals surface area contributed by atoms with Crippen molar-refractivity contribution in [2.24, 2.45) is 0 Å². The first-order chi connectivity index (χ1) is 9.54. The van der Waals surface area contributed by atoms with E-state index in [1.807, 2.05) is 6.92 Å². The molecule has 0 unspecified atom stereocenters. The number of carbonyl (C=O) groups excluding carboxylic acids is 1. The summed E-state index contributed by atoms with van der Waals surface area (Å²) < 4.78 is 20.3. The van der Waals surface area contributed by atoms with Gasteiger partial charge in [-0.2, -0.15) is 0 Å². The van der Waals surface area contributed by atoms with Gasteiger partial charge in [0.05, 0.1) is 21.1 Å². The van der Waals surface area contributed by atoms with Crippen molar-refractivity contribution in [3.63, 3.8) is 0 Å². The predicted octanol–water partition coefficient (Wildman–Crippen LogP) is 4.98. The van der Waals surface area contributed by atoms with Crippen molar-refractivity contribution in [3.05, 3.63) is 62.3 Å². The SMILES string of the molecule is CCOc1ccc(C(=O)c2cccc(Br)c2F)cc1Br. The molecule has 0 bridgehead atoms. The molecule has 5 heteroatoms. The number of hydrogen-bond acceptors (Lipinski definition) is 2. The van der Waals surface area contributed by atoms with Crippen LogP contribution in [0.2, 0.25) is 0 Å². The Morgan fingerprint density at radius 3 is 2.60 bits per heavy atom. The molecular formula is C15H11Br2FO2. The van der Waals surface area contributed by atoms with Gasteiger partial charge in [0.15, 0.2) is 5.78 Å². The minimum Gasteiger partial charge on any atom is -0.493 e. The number of ether oxygens (including phenoxy) is 1. The first kappa shape index (κ1) is 15.2. The van der Waals surface area contributed by atoms with Gasteiger partial charge in [-0.25, -0.2) is 4.39 Å². The second-order valence-corrected chi connectivity index (χ2v) is 5.72. The average molecular weight is 402 g/mol. The standard InChI is InChI=1S/C15H11Br2FO2/c1-2-20-13-7-6-9(8-12(13)17)15(19)10-4-3-5-11(16)14(10)18/h3-8H,2H2,1H3. The Bertz CT molecular complexity index is 656. The molecule has 0 radical (unpaired) electrons. The molecule has 0 saturated heterocycles. The van der Waals surface area contributed by atoms with Crippen LogP contribution in [0.1, 0.15) is 22.8 Å². The van der Waals surface area contributed by atoms with Gasteiger partial charge in [0.25, 0.3) is 0 Å². The Hall–Kier alpha value is -1.20. The molecule has 0 atom stereocenters. The van der Waals surface area contributed by atoms with Crippen LogP contribution >= 0.6 is 31.9 Å². The molecule has 0 N–H and O–H groups in total. The van der Waals surface area contributed by atoms with E-state index in [-0.39, 0.29) is 15.8 Å². The maximum absolute atomic E-state index is 13.9. The molecule has 20 heavy (non-hydrogen) atoms. The Labute approximate surface area is 133 Å². The van der Waals surface area contributed by atoms with E-state index in [9.17, 15) is 9.18 Å². The molecule has 0 spiro atoms. The first-order valence-electron chi connectivity index (χ1n) is 5.95. The normalized spacial score (nSPS) is 10.4. The van der Waals surface area contributed by atoms with Gasteiger partial charge in [0.2, 0.25) is 0 Å². The van der Waals surface area contributed by atoms with Gasteiger partial charge in [-0.15, -0.1) is 0 Å². The molecule has 0 aromatic heterocycles. The van der Waals surface area contributed by atoms with Crippen LogP contribution in [0, 0.1) is 5.82 Å². The summed E-state index contributed by atoms with van der Waals surface area (Å²) in [5.74, 6) is -0.270. The van der Waals surface area contributed by atoms with Crippen LogP contribution in [0.3, 0.4) is 0 Å². The second-order valence-electron chi connectivity index (χ2n) is 4.01. The molecule has 0 aliphatic rings. The zero-order chi connectivity index (χ0) is 14.7. The van der Waals surface area contributed by atoms with Crippen LogP contribution in [0.4, 0.5) is 4.39 Å². The molecule has 2 aromatic carbocycles. The van der Waals surface area contributed by atoms with Crippen molar-refractivity contribution in [1.29, 1.82) is 0 Å². The van der Waals surface area contributed by atoms with Gasteiger partial charge in [-0.05, 0) is 69.1 Å². The summed E-state index contributed by atoms with van der Waals surface area (Å²) in [7, 11) is 0. The van der Waals surface area contributed by atoms with E-state index in [1.165, 1.54) is 6.07 Å². The molecule has 0 amide bonds. The van der Waals surface area contributed by atoms with Crippen LogP contribution in [0.25, 0.3) is 0 Å². The highest BCUT2D eigenvalue weighted by atomic mass is 79.9. The van der Waals surface area contributed by atoms with Crippen LogP contribution < -0.4 is 4.74 Å². The minimum atomic E-state index is -0.553. The van der Waals surface area contributed by atoms with E-state index in [4.69, 9.17) is 4.74 Å². The Balaban J connectivity index is 2.39. The van der Waals surface area contributed by atoms with E-state index in [2.05, 4.69) is 31.9 Å². The summed E-state index contributed by atoms with van der Waals surface area (Å²) in [6.45, 7) is 2.41. The average Bonchev–Trinajstić information content (AvgIpc) is 2.43. The zero-order valence-corrected chi connectivity index (χ0v) is 13.8. The number of rotatable bonds is 4. The summed E-state index contributed by atoms with van der Waals surface area (Å²) in [4.78, 5) is 12.3. The highest BCUT2D eigenvalue weighted by Gasteiger charge is 2.16. The van der Waals surface area contributed by atoms with Gasteiger partial charge < -0.3 is 4.74 Å². The molecule has 2 rings (SSSR count).